The minimum absolute atomic E-state index is 0.0466. The molecule has 21 heavy (non-hydrogen) atoms. The maximum absolute atomic E-state index is 13.4. The number of hydrogen-bond donors (Lipinski definition) is 2. The van der Waals surface area contributed by atoms with Crippen molar-refractivity contribution in [1.82, 2.24) is 9.78 Å². The number of aryl methyl sites for hydroxylation is 1. The van der Waals surface area contributed by atoms with Gasteiger partial charge in [-0.2, -0.15) is 5.10 Å². The Bertz CT molecular complexity index is 694. The van der Waals surface area contributed by atoms with Crippen molar-refractivity contribution in [2.75, 3.05) is 11.1 Å². The molecule has 3 N–H and O–H groups in total. The third-order valence-electron chi connectivity index (χ3n) is 2.64. The summed E-state index contributed by atoms with van der Waals surface area (Å²) in [6.45, 7) is 0. The SMILES string of the molecule is Cn1ncc(N)c1NC(=O)c1c(F)c(F)c(F)c(F)c1F. The zero-order valence-electron chi connectivity index (χ0n) is 10.3. The van der Waals surface area contributed by atoms with Gasteiger partial charge in [0.05, 0.1) is 11.9 Å². The topological polar surface area (TPSA) is 72.9 Å². The third kappa shape index (κ3) is 2.28. The van der Waals surface area contributed by atoms with E-state index in [9.17, 15) is 26.7 Å². The molecule has 0 unspecified atom stereocenters. The normalized spacial score (nSPS) is 10.8. The van der Waals surface area contributed by atoms with E-state index < -0.39 is 40.6 Å². The van der Waals surface area contributed by atoms with E-state index >= 15 is 0 Å². The number of aromatic nitrogens is 2. The van der Waals surface area contributed by atoms with Crippen molar-refractivity contribution in [1.29, 1.82) is 0 Å². The van der Waals surface area contributed by atoms with Crippen LogP contribution in [0.4, 0.5) is 33.5 Å². The van der Waals surface area contributed by atoms with Crippen molar-refractivity contribution in [3.8, 4) is 0 Å². The molecule has 0 aliphatic rings. The van der Waals surface area contributed by atoms with Crippen LogP contribution < -0.4 is 11.1 Å². The minimum Gasteiger partial charge on any atom is -0.394 e. The molecule has 0 aliphatic carbocycles. The lowest BCUT2D eigenvalue weighted by molar-refractivity contribution is 0.101. The highest BCUT2D eigenvalue weighted by Crippen LogP contribution is 2.24. The van der Waals surface area contributed by atoms with Crippen LogP contribution in [0.1, 0.15) is 10.4 Å². The van der Waals surface area contributed by atoms with Gasteiger partial charge in [-0.1, -0.05) is 0 Å². The standard InChI is InChI=1S/C11H7F5N4O/c1-20-10(3(17)2-18-20)19-11(21)4-5(12)7(14)9(16)8(15)6(4)13/h2H,17H2,1H3,(H,19,21). The highest BCUT2D eigenvalue weighted by molar-refractivity contribution is 6.05. The fraction of sp³-hybridized carbons (Fsp3) is 0.0909. The molecule has 0 saturated heterocycles. The molecule has 2 aromatic rings. The van der Waals surface area contributed by atoms with Gasteiger partial charge in [-0.15, -0.1) is 0 Å². The summed E-state index contributed by atoms with van der Waals surface area (Å²) in [6, 6.07) is 0. The summed E-state index contributed by atoms with van der Waals surface area (Å²) in [5.74, 6) is -12.9. The predicted molar refractivity (Wildman–Crippen MR) is 61.8 cm³/mol. The molecule has 1 heterocycles. The lowest BCUT2D eigenvalue weighted by Crippen LogP contribution is -2.21. The molecule has 0 spiro atoms. The molecule has 0 aliphatic heterocycles. The third-order valence-corrected chi connectivity index (χ3v) is 2.64. The smallest absolute Gasteiger partial charge is 0.263 e. The van der Waals surface area contributed by atoms with Crippen LogP contribution in [0.3, 0.4) is 0 Å². The van der Waals surface area contributed by atoms with E-state index in [1.807, 2.05) is 5.32 Å². The molecule has 1 aromatic heterocycles. The summed E-state index contributed by atoms with van der Waals surface area (Å²) in [6.07, 6.45) is 1.13. The lowest BCUT2D eigenvalue weighted by Gasteiger charge is -2.09. The number of hydrogen-bond acceptors (Lipinski definition) is 3. The van der Waals surface area contributed by atoms with Gasteiger partial charge < -0.3 is 11.1 Å². The Balaban J connectivity index is 2.50. The first-order valence-electron chi connectivity index (χ1n) is 5.36. The van der Waals surface area contributed by atoms with Crippen molar-refractivity contribution in [2.45, 2.75) is 0 Å². The molecule has 0 fully saturated rings. The van der Waals surface area contributed by atoms with Gasteiger partial charge in [0.15, 0.2) is 29.1 Å². The fourth-order valence-corrected chi connectivity index (χ4v) is 1.58. The molecule has 2 rings (SSSR count). The van der Waals surface area contributed by atoms with Crippen LogP contribution in [0.5, 0.6) is 0 Å². The minimum atomic E-state index is -2.35. The van der Waals surface area contributed by atoms with E-state index in [1.165, 1.54) is 7.05 Å². The number of halogens is 5. The zero-order chi connectivity index (χ0) is 15.9. The Morgan fingerprint density at radius 3 is 2.00 bits per heavy atom. The quantitative estimate of drug-likeness (QED) is 0.506. The first-order chi connectivity index (χ1) is 9.75. The number of carbonyl (C=O) groups is 1. The van der Waals surface area contributed by atoms with E-state index in [0.717, 1.165) is 10.9 Å². The van der Waals surface area contributed by atoms with E-state index in [2.05, 4.69) is 5.10 Å². The molecule has 1 aromatic carbocycles. The second kappa shape index (κ2) is 5.04. The maximum atomic E-state index is 13.4. The zero-order valence-corrected chi connectivity index (χ0v) is 10.3. The summed E-state index contributed by atoms with van der Waals surface area (Å²) in [4.78, 5) is 11.7. The van der Waals surface area contributed by atoms with Gasteiger partial charge in [-0.3, -0.25) is 9.48 Å². The molecule has 1 amide bonds. The molecule has 0 bridgehead atoms. The van der Waals surface area contributed by atoms with Gasteiger partial charge >= 0.3 is 0 Å². The maximum Gasteiger partial charge on any atom is 0.263 e. The molecular weight excluding hydrogens is 299 g/mol. The number of nitrogen functional groups attached to an aromatic ring is 1. The Kier molecular flexibility index (Phi) is 3.54. The predicted octanol–water partition coefficient (Wildman–Crippen LogP) is 1.95. The van der Waals surface area contributed by atoms with Crippen LogP contribution in [0.25, 0.3) is 0 Å². The second-order valence-electron chi connectivity index (χ2n) is 3.97. The highest BCUT2D eigenvalue weighted by atomic mass is 19.2. The van der Waals surface area contributed by atoms with Crippen molar-refractivity contribution in [3.63, 3.8) is 0 Å². The number of nitrogens with zero attached hydrogens (tertiary/aromatic N) is 2. The number of amides is 1. The number of nitrogens with two attached hydrogens (primary N) is 1. The number of rotatable bonds is 2. The average Bonchev–Trinajstić information content (AvgIpc) is 2.75. The summed E-state index contributed by atoms with van der Waals surface area (Å²) in [7, 11) is 1.35. The summed E-state index contributed by atoms with van der Waals surface area (Å²) in [5, 5.41) is 5.57. The van der Waals surface area contributed by atoms with Crippen LogP contribution in [-0.4, -0.2) is 15.7 Å². The fourth-order valence-electron chi connectivity index (χ4n) is 1.58. The highest BCUT2D eigenvalue weighted by Gasteiger charge is 2.30. The van der Waals surface area contributed by atoms with E-state index in [0.29, 0.717) is 0 Å². The van der Waals surface area contributed by atoms with Gasteiger partial charge in [0.1, 0.15) is 5.56 Å². The Labute approximate surface area is 114 Å². The number of nitrogens with one attached hydrogen (secondary N) is 1. The molecule has 112 valence electrons. The van der Waals surface area contributed by atoms with Gasteiger partial charge in [-0.05, 0) is 0 Å². The second-order valence-corrected chi connectivity index (χ2v) is 3.97. The van der Waals surface area contributed by atoms with Crippen molar-refractivity contribution < 1.29 is 26.7 Å². The Hall–Kier alpha value is -2.65. The van der Waals surface area contributed by atoms with Crippen LogP contribution >= 0.6 is 0 Å². The molecule has 10 heteroatoms. The Morgan fingerprint density at radius 2 is 1.57 bits per heavy atom. The van der Waals surface area contributed by atoms with E-state index in [4.69, 9.17) is 5.73 Å². The summed E-state index contributed by atoms with van der Waals surface area (Å²) >= 11 is 0. The number of anilines is 2. The van der Waals surface area contributed by atoms with E-state index in [-0.39, 0.29) is 11.5 Å². The first kappa shape index (κ1) is 14.8. The number of carbonyl (C=O) groups excluding carboxylic acids is 1. The Morgan fingerprint density at radius 1 is 1.10 bits per heavy atom. The summed E-state index contributed by atoms with van der Waals surface area (Å²) < 4.78 is 66.9. The van der Waals surface area contributed by atoms with Gasteiger partial charge in [-0.25, -0.2) is 22.0 Å². The van der Waals surface area contributed by atoms with Crippen molar-refractivity contribution in [3.05, 3.63) is 40.8 Å². The number of benzene rings is 1. The molecule has 0 saturated carbocycles. The molecular formula is C11H7F5N4O. The van der Waals surface area contributed by atoms with Gasteiger partial charge in [0.25, 0.3) is 5.91 Å². The molecule has 0 radical (unpaired) electrons. The summed E-state index contributed by atoms with van der Waals surface area (Å²) in [5.41, 5.74) is 3.78. The first-order valence-corrected chi connectivity index (χ1v) is 5.36. The van der Waals surface area contributed by atoms with Crippen LogP contribution in [0.2, 0.25) is 0 Å². The van der Waals surface area contributed by atoms with Crippen molar-refractivity contribution in [2.24, 2.45) is 7.05 Å². The largest absolute Gasteiger partial charge is 0.394 e. The molecule has 0 atom stereocenters. The van der Waals surface area contributed by atoms with Crippen molar-refractivity contribution >= 4 is 17.4 Å². The van der Waals surface area contributed by atoms with Crippen LogP contribution in [0.15, 0.2) is 6.20 Å². The van der Waals surface area contributed by atoms with Crippen LogP contribution in [-0.2, 0) is 7.05 Å². The molecule has 5 nitrogen and oxygen atoms in total. The monoisotopic (exact) mass is 306 g/mol. The van der Waals surface area contributed by atoms with Gasteiger partial charge in [0, 0.05) is 7.05 Å². The van der Waals surface area contributed by atoms with E-state index in [1.54, 1.807) is 0 Å². The average molecular weight is 306 g/mol. The lowest BCUT2D eigenvalue weighted by atomic mass is 10.1. The van der Waals surface area contributed by atoms with Crippen LogP contribution in [0, 0.1) is 29.1 Å². The van der Waals surface area contributed by atoms with Gasteiger partial charge in [0.2, 0.25) is 5.82 Å².